The number of hydrogen-bond donors (Lipinski definition) is 4. The van der Waals surface area contributed by atoms with E-state index in [1.165, 1.54) is 24.3 Å². The second-order valence-corrected chi connectivity index (χ2v) is 6.92. The van der Waals surface area contributed by atoms with Gasteiger partial charge in [-0.15, -0.1) is 0 Å². The van der Waals surface area contributed by atoms with E-state index >= 15 is 0 Å². The molecule has 0 spiro atoms. The van der Waals surface area contributed by atoms with Crippen LogP contribution in [0.1, 0.15) is 31.2 Å². The van der Waals surface area contributed by atoms with Gasteiger partial charge < -0.3 is 21.3 Å². The maximum atomic E-state index is 13.0. The molecule has 0 saturated heterocycles. The molecule has 0 heterocycles. The first-order valence-electron chi connectivity index (χ1n) is 9.51. The van der Waals surface area contributed by atoms with Crippen LogP contribution in [-0.4, -0.2) is 24.1 Å². The number of carbonyl (C=O) groups is 2. The summed E-state index contributed by atoms with van der Waals surface area (Å²) in [5.74, 6) is -0.357. The molecule has 7 heteroatoms. The highest BCUT2D eigenvalue weighted by Gasteiger charge is 2.27. The van der Waals surface area contributed by atoms with Gasteiger partial charge in [0.2, 0.25) is 0 Å². The number of benzene rings is 2. The molecule has 0 radical (unpaired) electrons. The van der Waals surface area contributed by atoms with Crippen molar-refractivity contribution in [2.75, 3.05) is 5.32 Å². The molecule has 4 amide bonds. The minimum atomic E-state index is -0.366. The van der Waals surface area contributed by atoms with Crippen LogP contribution >= 0.6 is 0 Å². The number of rotatable bonds is 5. The highest BCUT2D eigenvalue weighted by molar-refractivity contribution is 5.89. The maximum absolute atomic E-state index is 13.0. The van der Waals surface area contributed by atoms with E-state index in [1.807, 2.05) is 30.3 Å². The molecule has 6 nitrogen and oxygen atoms in total. The van der Waals surface area contributed by atoms with Crippen LogP contribution in [0.25, 0.3) is 0 Å². The van der Waals surface area contributed by atoms with Crippen molar-refractivity contribution < 1.29 is 14.0 Å². The van der Waals surface area contributed by atoms with Crippen LogP contribution in [0.3, 0.4) is 0 Å². The molecule has 0 bridgehead atoms. The number of halogens is 1. The molecule has 3 rings (SSSR count). The van der Waals surface area contributed by atoms with E-state index in [0.717, 1.165) is 31.2 Å². The summed E-state index contributed by atoms with van der Waals surface area (Å²) >= 11 is 0. The van der Waals surface area contributed by atoms with Crippen LogP contribution in [0.15, 0.2) is 54.6 Å². The minimum Gasteiger partial charge on any atom is -0.334 e. The van der Waals surface area contributed by atoms with E-state index < -0.39 is 0 Å². The molecule has 0 aliphatic heterocycles. The molecule has 4 N–H and O–H groups in total. The van der Waals surface area contributed by atoms with E-state index in [-0.39, 0.29) is 30.0 Å². The van der Waals surface area contributed by atoms with Crippen LogP contribution in [0.2, 0.25) is 0 Å². The van der Waals surface area contributed by atoms with Crippen molar-refractivity contribution in [3.05, 3.63) is 66.0 Å². The Bertz CT molecular complexity index is 783. The van der Waals surface area contributed by atoms with Crippen LogP contribution in [0, 0.1) is 5.82 Å². The Morgan fingerprint density at radius 1 is 0.857 bits per heavy atom. The molecule has 1 saturated carbocycles. The first-order valence-corrected chi connectivity index (χ1v) is 9.51. The van der Waals surface area contributed by atoms with Crippen molar-refractivity contribution >= 4 is 17.7 Å². The zero-order valence-corrected chi connectivity index (χ0v) is 15.6. The Hall–Kier alpha value is -3.09. The van der Waals surface area contributed by atoms with Crippen LogP contribution in [-0.2, 0) is 6.54 Å². The Kier molecular flexibility index (Phi) is 6.84. The first-order chi connectivity index (χ1) is 13.6. The molecular weight excluding hydrogens is 359 g/mol. The smallest absolute Gasteiger partial charge is 0.319 e. The van der Waals surface area contributed by atoms with Gasteiger partial charge in [-0.1, -0.05) is 43.2 Å². The average molecular weight is 384 g/mol. The third-order valence-electron chi connectivity index (χ3n) is 4.80. The summed E-state index contributed by atoms with van der Waals surface area (Å²) in [4.78, 5) is 24.5. The van der Waals surface area contributed by atoms with Crippen LogP contribution in [0.5, 0.6) is 0 Å². The molecule has 1 aliphatic rings. The normalized spacial score (nSPS) is 18.8. The van der Waals surface area contributed by atoms with Gasteiger partial charge in [0.05, 0.1) is 12.1 Å². The molecule has 2 atom stereocenters. The highest BCUT2D eigenvalue weighted by Crippen LogP contribution is 2.19. The van der Waals surface area contributed by atoms with E-state index in [2.05, 4.69) is 21.3 Å². The van der Waals surface area contributed by atoms with Gasteiger partial charge in [-0.25, -0.2) is 14.0 Å². The summed E-state index contributed by atoms with van der Waals surface area (Å²) in [5, 5.41) is 11.4. The fourth-order valence-corrected chi connectivity index (χ4v) is 3.34. The van der Waals surface area contributed by atoms with Gasteiger partial charge in [0.15, 0.2) is 0 Å². The summed E-state index contributed by atoms with van der Waals surface area (Å²) in [5.41, 5.74) is 1.54. The minimum absolute atomic E-state index is 0.136. The lowest BCUT2D eigenvalue weighted by molar-refractivity contribution is 0.218. The molecule has 148 valence electrons. The highest BCUT2D eigenvalue weighted by atomic mass is 19.1. The van der Waals surface area contributed by atoms with E-state index in [0.29, 0.717) is 12.2 Å². The van der Waals surface area contributed by atoms with Crippen molar-refractivity contribution in [1.82, 2.24) is 16.0 Å². The molecule has 2 aromatic carbocycles. The number of hydrogen-bond acceptors (Lipinski definition) is 2. The Labute approximate surface area is 163 Å². The average Bonchev–Trinajstić information content (AvgIpc) is 2.70. The van der Waals surface area contributed by atoms with Gasteiger partial charge in [0.25, 0.3) is 0 Å². The Morgan fingerprint density at radius 2 is 1.46 bits per heavy atom. The van der Waals surface area contributed by atoms with Crippen molar-refractivity contribution in [3.63, 3.8) is 0 Å². The van der Waals surface area contributed by atoms with Gasteiger partial charge in [0.1, 0.15) is 5.82 Å². The van der Waals surface area contributed by atoms with E-state index in [9.17, 15) is 14.0 Å². The van der Waals surface area contributed by atoms with Crippen LogP contribution < -0.4 is 21.3 Å². The Morgan fingerprint density at radius 3 is 2.11 bits per heavy atom. The topological polar surface area (TPSA) is 82.3 Å². The Balaban J connectivity index is 1.49. The van der Waals surface area contributed by atoms with Crippen molar-refractivity contribution in [3.8, 4) is 0 Å². The summed E-state index contributed by atoms with van der Waals surface area (Å²) < 4.78 is 13.0. The summed E-state index contributed by atoms with van der Waals surface area (Å²) in [7, 11) is 0. The number of anilines is 1. The lowest BCUT2D eigenvalue weighted by atomic mass is 9.90. The zero-order chi connectivity index (χ0) is 19.8. The lowest BCUT2D eigenvalue weighted by Crippen LogP contribution is -2.55. The number of nitrogens with one attached hydrogen (secondary N) is 4. The predicted octanol–water partition coefficient (Wildman–Crippen LogP) is 3.76. The number of urea groups is 2. The summed E-state index contributed by atoms with van der Waals surface area (Å²) in [6.07, 6.45) is 3.59. The second kappa shape index (κ2) is 9.73. The van der Waals surface area contributed by atoms with Gasteiger partial charge in [-0.05, 0) is 42.7 Å². The third-order valence-corrected chi connectivity index (χ3v) is 4.80. The first kappa shape index (κ1) is 19.7. The van der Waals surface area contributed by atoms with E-state index in [4.69, 9.17) is 0 Å². The molecule has 0 aromatic heterocycles. The summed E-state index contributed by atoms with van der Waals surface area (Å²) in [6.45, 7) is 0.447. The van der Waals surface area contributed by atoms with Crippen LogP contribution in [0.4, 0.5) is 19.7 Å². The fourth-order valence-electron chi connectivity index (χ4n) is 3.34. The zero-order valence-electron chi connectivity index (χ0n) is 15.6. The van der Waals surface area contributed by atoms with Crippen molar-refractivity contribution in [2.45, 2.75) is 44.3 Å². The van der Waals surface area contributed by atoms with Crippen molar-refractivity contribution in [1.29, 1.82) is 0 Å². The molecule has 2 unspecified atom stereocenters. The van der Waals surface area contributed by atoms with Crippen molar-refractivity contribution in [2.24, 2.45) is 0 Å². The maximum Gasteiger partial charge on any atom is 0.319 e. The predicted molar refractivity (Wildman–Crippen MR) is 106 cm³/mol. The van der Waals surface area contributed by atoms with E-state index in [1.54, 1.807) is 0 Å². The van der Waals surface area contributed by atoms with Gasteiger partial charge in [-0.3, -0.25) is 0 Å². The number of amides is 4. The molecule has 1 fully saturated rings. The monoisotopic (exact) mass is 384 g/mol. The molecular formula is C21H25FN4O2. The third kappa shape index (κ3) is 5.97. The quantitative estimate of drug-likeness (QED) is 0.633. The second-order valence-electron chi connectivity index (χ2n) is 6.92. The standard InChI is InChI=1S/C21H25FN4O2/c22-16-10-12-17(13-11-16)24-21(28)26-19-9-5-4-8-18(19)25-20(27)23-14-15-6-2-1-3-7-15/h1-3,6-7,10-13,18-19H,4-5,8-9,14H2,(H2,23,25,27)(H2,24,26,28). The van der Waals surface area contributed by atoms with Gasteiger partial charge in [0, 0.05) is 12.2 Å². The summed E-state index contributed by atoms with van der Waals surface area (Å²) in [6, 6.07) is 14.4. The van der Waals surface area contributed by atoms with Gasteiger partial charge in [-0.2, -0.15) is 0 Å². The molecule has 2 aromatic rings. The largest absolute Gasteiger partial charge is 0.334 e. The number of carbonyl (C=O) groups excluding carboxylic acids is 2. The molecule has 28 heavy (non-hydrogen) atoms. The van der Waals surface area contributed by atoms with Gasteiger partial charge >= 0.3 is 12.1 Å². The molecule has 1 aliphatic carbocycles. The SMILES string of the molecule is O=C(NCc1ccccc1)NC1CCCCC1NC(=O)Nc1ccc(F)cc1. The fraction of sp³-hybridized carbons (Fsp3) is 0.333. The lowest BCUT2D eigenvalue weighted by Gasteiger charge is -2.32.